The lowest BCUT2D eigenvalue weighted by molar-refractivity contribution is -0.0226. The van der Waals surface area contributed by atoms with Crippen LogP contribution in [0.3, 0.4) is 0 Å². The van der Waals surface area contributed by atoms with E-state index in [1.165, 1.54) is 6.42 Å². The maximum atomic E-state index is 10.0. The molecule has 3 atom stereocenters. The molecule has 0 aliphatic heterocycles. The Kier molecular flexibility index (Phi) is 1.48. The highest BCUT2D eigenvalue weighted by molar-refractivity contribution is 6.23. The number of rotatable bonds is 0. The smallest absolute Gasteiger partial charge is 0.144 e. The molecule has 0 amide bonds. The van der Waals surface area contributed by atoms with E-state index in [0.717, 1.165) is 12.8 Å². The van der Waals surface area contributed by atoms with Crippen LogP contribution in [0.25, 0.3) is 0 Å². The Labute approximate surface area is 79.1 Å². The Morgan fingerprint density at radius 3 is 2.08 bits per heavy atom. The maximum absolute atomic E-state index is 10.0. The van der Waals surface area contributed by atoms with Gasteiger partial charge in [-0.3, -0.25) is 0 Å². The number of hydrogen-bond donors (Lipinski definition) is 1. The first-order chi connectivity index (χ1) is 5.31. The summed E-state index contributed by atoms with van der Waals surface area (Å²) in [5.41, 5.74) is 0.135. The Hall–Kier alpha value is 0.250. The van der Waals surface area contributed by atoms with Gasteiger partial charge < -0.3 is 5.11 Å². The zero-order chi connectivity index (χ0) is 9.20. The van der Waals surface area contributed by atoms with Gasteiger partial charge in [-0.15, -0.1) is 0 Å². The quantitative estimate of drug-likeness (QED) is 0.580. The van der Waals surface area contributed by atoms with Crippen molar-refractivity contribution in [2.45, 2.75) is 45.1 Å². The third-order valence-corrected chi connectivity index (χ3v) is 5.37. The second kappa shape index (κ2) is 2.01. The van der Waals surface area contributed by atoms with E-state index >= 15 is 0 Å². The summed E-state index contributed by atoms with van der Waals surface area (Å²) in [5, 5.41) is 9.10. The molecule has 2 aliphatic rings. The summed E-state index contributed by atoms with van der Waals surface area (Å²) < 4.78 is 0. The third kappa shape index (κ3) is 0.706. The summed E-state index contributed by atoms with van der Waals surface area (Å²) in [5.74, 6) is 0.616. The SMILES string of the molecule is CC1(C)[C@@H]2CC[C@@]1(C)[C@](O)(Cl)C2. The zero-order valence-electron chi connectivity index (χ0n) is 8.02. The van der Waals surface area contributed by atoms with Gasteiger partial charge in [0.25, 0.3) is 0 Å². The van der Waals surface area contributed by atoms with Crippen molar-refractivity contribution in [2.24, 2.45) is 16.7 Å². The van der Waals surface area contributed by atoms with Crippen molar-refractivity contribution in [1.82, 2.24) is 0 Å². The normalized spacial score (nSPS) is 56.2. The number of alkyl halides is 1. The molecule has 2 aliphatic carbocycles. The third-order valence-electron chi connectivity index (χ3n) is 4.80. The summed E-state index contributed by atoms with van der Waals surface area (Å²) in [6.07, 6.45) is 3.08. The molecular formula is C10H17ClO. The van der Waals surface area contributed by atoms with Crippen LogP contribution in [-0.2, 0) is 0 Å². The number of hydrogen-bond acceptors (Lipinski definition) is 1. The highest BCUT2D eigenvalue weighted by Gasteiger charge is 2.67. The van der Waals surface area contributed by atoms with Crippen LogP contribution in [0.2, 0.25) is 0 Å². The molecule has 2 fully saturated rings. The van der Waals surface area contributed by atoms with Crippen molar-refractivity contribution in [1.29, 1.82) is 0 Å². The van der Waals surface area contributed by atoms with E-state index < -0.39 is 5.06 Å². The summed E-state index contributed by atoms with van der Waals surface area (Å²) in [4.78, 5) is 0. The maximum Gasteiger partial charge on any atom is 0.144 e. The van der Waals surface area contributed by atoms with Crippen LogP contribution in [0.1, 0.15) is 40.0 Å². The van der Waals surface area contributed by atoms with Gasteiger partial charge in [0.2, 0.25) is 0 Å². The first-order valence-electron chi connectivity index (χ1n) is 4.72. The van der Waals surface area contributed by atoms with Crippen LogP contribution in [0.15, 0.2) is 0 Å². The lowest BCUT2D eigenvalue weighted by Crippen LogP contribution is -2.42. The van der Waals surface area contributed by atoms with Crippen LogP contribution in [-0.4, -0.2) is 10.2 Å². The molecule has 0 radical (unpaired) electrons. The van der Waals surface area contributed by atoms with E-state index in [9.17, 15) is 5.11 Å². The molecule has 0 aromatic carbocycles. The van der Waals surface area contributed by atoms with Crippen LogP contribution in [0.5, 0.6) is 0 Å². The van der Waals surface area contributed by atoms with Gasteiger partial charge in [0.05, 0.1) is 0 Å². The molecule has 0 heterocycles. The van der Waals surface area contributed by atoms with E-state index in [0.29, 0.717) is 5.92 Å². The minimum absolute atomic E-state index is 0.0772. The Balaban J connectivity index is 2.47. The fourth-order valence-electron chi connectivity index (χ4n) is 3.19. The van der Waals surface area contributed by atoms with Gasteiger partial charge in [-0.25, -0.2) is 0 Å². The van der Waals surface area contributed by atoms with Crippen molar-refractivity contribution in [3.8, 4) is 0 Å². The molecule has 0 saturated heterocycles. The number of halogens is 1. The van der Waals surface area contributed by atoms with Crippen molar-refractivity contribution in [2.75, 3.05) is 0 Å². The standard InChI is InChI=1S/C10H17ClO/c1-8(2)7-4-5-9(8,3)10(11,12)6-7/h7,12H,4-6H2,1-3H3/t7-,9-,10+/m1/s1. The zero-order valence-corrected chi connectivity index (χ0v) is 8.78. The summed E-state index contributed by atoms with van der Waals surface area (Å²) in [7, 11) is 0. The van der Waals surface area contributed by atoms with Crippen molar-refractivity contribution >= 4 is 11.6 Å². The fraction of sp³-hybridized carbons (Fsp3) is 1.00. The van der Waals surface area contributed by atoms with Crippen molar-refractivity contribution < 1.29 is 5.11 Å². The molecule has 0 unspecified atom stereocenters. The lowest BCUT2D eigenvalue weighted by Gasteiger charge is -2.41. The molecule has 2 rings (SSSR count). The molecule has 0 spiro atoms. The first-order valence-corrected chi connectivity index (χ1v) is 5.10. The molecule has 2 saturated carbocycles. The molecule has 0 aromatic heterocycles. The molecule has 70 valence electrons. The van der Waals surface area contributed by atoms with E-state index in [1.807, 2.05) is 0 Å². The molecule has 12 heavy (non-hydrogen) atoms. The van der Waals surface area contributed by atoms with Crippen LogP contribution < -0.4 is 0 Å². The van der Waals surface area contributed by atoms with Crippen molar-refractivity contribution in [3.63, 3.8) is 0 Å². The van der Waals surface area contributed by atoms with E-state index in [-0.39, 0.29) is 10.8 Å². The predicted octanol–water partition coefficient (Wildman–Crippen LogP) is 2.76. The van der Waals surface area contributed by atoms with Gasteiger partial charge in [-0.1, -0.05) is 32.4 Å². The molecule has 1 nitrogen and oxygen atoms in total. The van der Waals surface area contributed by atoms with Crippen LogP contribution >= 0.6 is 11.6 Å². The topological polar surface area (TPSA) is 20.2 Å². The molecular weight excluding hydrogens is 172 g/mol. The minimum atomic E-state index is -0.945. The van der Waals surface area contributed by atoms with Crippen LogP contribution in [0.4, 0.5) is 0 Å². The van der Waals surface area contributed by atoms with Gasteiger partial charge in [-0.2, -0.15) is 0 Å². The molecule has 0 aromatic rings. The average Bonchev–Trinajstić information content (AvgIpc) is 2.18. The highest BCUT2D eigenvalue weighted by atomic mass is 35.5. The Morgan fingerprint density at radius 1 is 1.33 bits per heavy atom. The number of aliphatic hydroxyl groups is 1. The van der Waals surface area contributed by atoms with E-state index in [1.54, 1.807) is 0 Å². The lowest BCUT2D eigenvalue weighted by atomic mass is 9.70. The van der Waals surface area contributed by atoms with Gasteiger partial charge >= 0.3 is 0 Å². The van der Waals surface area contributed by atoms with Gasteiger partial charge in [0, 0.05) is 5.41 Å². The Bertz CT molecular complexity index is 222. The van der Waals surface area contributed by atoms with Gasteiger partial charge in [0.15, 0.2) is 0 Å². The summed E-state index contributed by atoms with van der Waals surface area (Å²) in [6, 6.07) is 0. The van der Waals surface area contributed by atoms with Gasteiger partial charge in [0.1, 0.15) is 5.06 Å². The van der Waals surface area contributed by atoms with Crippen molar-refractivity contribution in [3.05, 3.63) is 0 Å². The molecule has 1 N–H and O–H groups in total. The monoisotopic (exact) mass is 188 g/mol. The fourth-order valence-corrected chi connectivity index (χ4v) is 3.71. The van der Waals surface area contributed by atoms with E-state index in [4.69, 9.17) is 11.6 Å². The summed E-state index contributed by atoms with van der Waals surface area (Å²) in [6.45, 7) is 6.61. The number of fused-ring (bicyclic) bond motifs is 2. The molecule has 2 heteroatoms. The Morgan fingerprint density at radius 2 is 1.92 bits per heavy atom. The average molecular weight is 189 g/mol. The van der Waals surface area contributed by atoms with E-state index in [2.05, 4.69) is 20.8 Å². The highest BCUT2D eigenvalue weighted by Crippen LogP contribution is 2.70. The largest absolute Gasteiger partial charge is 0.374 e. The second-order valence-electron chi connectivity index (χ2n) is 5.25. The van der Waals surface area contributed by atoms with Gasteiger partial charge in [-0.05, 0) is 30.6 Å². The second-order valence-corrected chi connectivity index (χ2v) is 5.88. The predicted molar refractivity (Wildman–Crippen MR) is 50.0 cm³/mol. The molecule has 2 bridgehead atoms. The minimum Gasteiger partial charge on any atom is -0.374 e. The van der Waals surface area contributed by atoms with Crippen LogP contribution in [0, 0.1) is 16.7 Å². The first kappa shape index (κ1) is 8.83. The summed E-state index contributed by atoms with van der Waals surface area (Å²) >= 11 is 6.15.